The van der Waals surface area contributed by atoms with Gasteiger partial charge in [0.25, 0.3) is 0 Å². The van der Waals surface area contributed by atoms with Gasteiger partial charge in [0.2, 0.25) is 0 Å². The van der Waals surface area contributed by atoms with Crippen LogP contribution in [-0.2, 0) is 0 Å². The molecule has 6 nitrogen and oxygen atoms in total. The van der Waals surface area contributed by atoms with Crippen LogP contribution in [0.5, 0.6) is 0 Å². The highest BCUT2D eigenvalue weighted by atomic mass is 16.3. The lowest BCUT2D eigenvalue weighted by atomic mass is 9.98. The van der Waals surface area contributed by atoms with E-state index in [4.69, 9.17) is 13.3 Å². The van der Waals surface area contributed by atoms with E-state index in [1.54, 1.807) is 0 Å². The zero-order valence-corrected chi connectivity index (χ0v) is 76.5. The maximum atomic E-state index is 6.08. The van der Waals surface area contributed by atoms with E-state index in [1.807, 2.05) is 36.4 Å². The molecule has 24 aromatic carbocycles. The number of nitrogens with zero attached hydrogens (tertiary/aromatic N) is 3. The third-order valence-electron chi connectivity index (χ3n) is 27.4. The first-order valence-electron chi connectivity index (χ1n) is 47.7. The minimum atomic E-state index is 0.911. The topological polar surface area (TPSA) is 49.1 Å². The number of hydrogen-bond acceptors (Lipinski definition) is 6. The Morgan fingerprint density at radius 1 is 0.107 bits per heavy atom. The first-order chi connectivity index (χ1) is 69.3. The highest BCUT2D eigenvalue weighted by Crippen LogP contribution is 2.48. The molecule has 658 valence electrons. The molecule has 0 unspecified atom stereocenters. The summed E-state index contributed by atoms with van der Waals surface area (Å²) in [6, 6.07) is 193. The Balaban J connectivity index is 0.000000111. The van der Waals surface area contributed by atoms with Crippen LogP contribution in [0.1, 0.15) is 0 Å². The second kappa shape index (κ2) is 36.3. The van der Waals surface area contributed by atoms with E-state index >= 15 is 0 Å². The molecule has 0 N–H and O–H groups in total. The molecule has 3 aromatic heterocycles. The summed E-state index contributed by atoms with van der Waals surface area (Å²) in [5, 5.41) is 19.1. The van der Waals surface area contributed by atoms with Crippen LogP contribution < -0.4 is 14.7 Å². The van der Waals surface area contributed by atoms with E-state index in [0.29, 0.717) is 0 Å². The van der Waals surface area contributed by atoms with Gasteiger partial charge in [0.1, 0.15) is 33.5 Å². The number of fused-ring (bicyclic) bond motifs is 15. The molecule has 6 heteroatoms. The van der Waals surface area contributed by atoms with Crippen molar-refractivity contribution in [2.45, 2.75) is 0 Å². The second-order valence-corrected chi connectivity index (χ2v) is 35.8. The monoisotopic (exact) mass is 1790 g/mol. The van der Waals surface area contributed by atoms with Crippen LogP contribution in [-0.4, -0.2) is 0 Å². The van der Waals surface area contributed by atoms with Crippen molar-refractivity contribution in [1.82, 2.24) is 0 Å². The number of furan rings is 3. The number of anilines is 9. The summed E-state index contributed by atoms with van der Waals surface area (Å²) in [6.07, 6.45) is 0. The highest BCUT2D eigenvalue weighted by Gasteiger charge is 2.23. The third-order valence-corrected chi connectivity index (χ3v) is 27.4. The normalized spacial score (nSPS) is 11.4. The third kappa shape index (κ3) is 16.1. The zero-order valence-electron chi connectivity index (χ0n) is 76.5. The molecule has 0 spiro atoms. The molecule has 0 aliphatic carbocycles. The van der Waals surface area contributed by atoms with E-state index in [9.17, 15) is 0 Å². The van der Waals surface area contributed by atoms with Gasteiger partial charge in [0.05, 0.1) is 11.4 Å². The van der Waals surface area contributed by atoms with Gasteiger partial charge in [-0.1, -0.05) is 382 Å². The lowest BCUT2D eigenvalue weighted by Crippen LogP contribution is -2.10. The molecule has 0 aliphatic rings. The van der Waals surface area contributed by atoms with Crippen molar-refractivity contribution in [2.24, 2.45) is 0 Å². The summed E-state index contributed by atoms with van der Waals surface area (Å²) in [4.78, 5) is 7.10. The molecule has 0 aliphatic heterocycles. The smallest absolute Gasteiger partial charge is 0.135 e. The first kappa shape index (κ1) is 83.2. The molecule has 0 amide bonds. The first-order valence-corrected chi connectivity index (χ1v) is 47.7. The van der Waals surface area contributed by atoms with Crippen molar-refractivity contribution >= 4 is 171 Å². The fraction of sp³-hybridized carbons (Fsp3) is 0. The van der Waals surface area contributed by atoms with Gasteiger partial charge in [-0.15, -0.1) is 0 Å². The van der Waals surface area contributed by atoms with Crippen LogP contribution >= 0.6 is 0 Å². The standard InChI is InChI=1S/2C46H31NO.C42H27NO/c1-2-9-32(10-3-1)33-17-19-34(20-18-33)35-21-26-39(27-22-35)47(44-15-8-12-37-11-4-5-13-41(37)44)40-28-23-36(24-29-40)38-25-30-46-43(31-38)42-14-6-7-16-45(42)48-46;1-2-9-32(10-3-1)36-13-8-14-37(29-36)34-17-23-40(24-18-34)47(42-27-21-33-11-4-5-12-38(33)30-42)41-25-19-35(20-26-41)39-22-28-46-44(31-39)43-15-6-7-16-45(43)48-46;1-2-10-30-25-34(23-19-28(30)9-1)43(40-27-32-11-3-4-12-35(32)36-13-5-6-14-37(36)40)33-21-17-29(18-22-33)31-20-24-42-39(26-31)38-15-7-8-16-41(38)44-42/h2*1-31H;1-27H. The summed E-state index contributed by atoms with van der Waals surface area (Å²) >= 11 is 0. The number of hydrogen-bond donors (Lipinski definition) is 0. The van der Waals surface area contributed by atoms with Crippen molar-refractivity contribution < 1.29 is 13.3 Å². The average molecular weight is 1790 g/mol. The predicted octanol–water partition coefficient (Wildman–Crippen LogP) is 38.6. The molecular formula is C134H89N3O3. The van der Waals surface area contributed by atoms with E-state index in [-0.39, 0.29) is 0 Å². The Bertz CT molecular complexity index is 9280. The molecule has 0 saturated carbocycles. The summed E-state index contributed by atoms with van der Waals surface area (Å²) in [5.74, 6) is 0. The minimum absolute atomic E-state index is 0.911. The number of rotatable bonds is 16. The lowest BCUT2D eigenvalue weighted by Gasteiger charge is -2.28. The largest absolute Gasteiger partial charge is 0.456 e. The Labute approximate surface area is 810 Å². The van der Waals surface area contributed by atoms with Gasteiger partial charge in [-0.25, -0.2) is 0 Å². The van der Waals surface area contributed by atoms with Crippen LogP contribution in [0.2, 0.25) is 0 Å². The van der Waals surface area contributed by atoms with Crippen molar-refractivity contribution in [2.75, 3.05) is 14.7 Å². The van der Waals surface area contributed by atoms with Gasteiger partial charge in [-0.2, -0.15) is 0 Å². The van der Waals surface area contributed by atoms with Crippen LogP contribution in [0.25, 0.3) is 198 Å². The molecule has 27 rings (SSSR count). The molecule has 0 bridgehead atoms. The number of benzene rings is 24. The number of para-hydroxylation sites is 3. The van der Waals surface area contributed by atoms with Crippen LogP contribution in [0.15, 0.2) is 553 Å². The summed E-state index contributed by atoms with van der Waals surface area (Å²) in [6.45, 7) is 0. The van der Waals surface area contributed by atoms with Gasteiger partial charge in [-0.3, -0.25) is 0 Å². The van der Waals surface area contributed by atoms with Gasteiger partial charge in [0, 0.05) is 82.9 Å². The maximum Gasteiger partial charge on any atom is 0.135 e. The highest BCUT2D eigenvalue weighted by molar-refractivity contribution is 6.16. The Kier molecular flexibility index (Phi) is 21.6. The lowest BCUT2D eigenvalue weighted by molar-refractivity contribution is 0.668. The van der Waals surface area contributed by atoms with Crippen LogP contribution in [0, 0.1) is 0 Å². The van der Waals surface area contributed by atoms with Crippen molar-refractivity contribution in [3.05, 3.63) is 540 Å². The van der Waals surface area contributed by atoms with Crippen LogP contribution in [0.4, 0.5) is 51.2 Å². The molecule has 0 atom stereocenters. The van der Waals surface area contributed by atoms with E-state index in [1.165, 1.54) is 121 Å². The molecule has 0 radical (unpaired) electrons. The fourth-order valence-electron chi connectivity index (χ4n) is 20.3. The van der Waals surface area contributed by atoms with Gasteiger partial charge < -0.3 is 28.0 Å². The molecule has 27 aromatic rings. The minimum Gasteiger partial charge on any atom is -0.456 e. The summed E-state index contributed by atoms with van der Waals surface area (Å²) < 4.78 is 18.2. The SMILES string of the molecule is c1ccc(-c2ccc(-c3ccc(N(c4ccc(-c5ccc6oc7ccccc7c6c5)cc4)c4cccc5ccccc45)cc3)cc2)cc1.c1ccc(-c2cccc(-c3ccc(N(c4ccc(-c5ccc6oc7ccccc7c6c5)cc4)c4ccc5ccccc5c4)cc3)c2)cc1.c1ccc2cc(N(c3ccc(-c4ccc5oc6ccccc6c5c4)cc3)c3cc4ccccc4c4ccccc34)ccc2c1. The van der Waals surface area contributed by atoms with Crippen molar-refractivity contribution in [1.29, 1.82) is 0 Å². The van der Waals surface area contributed by atoms with E-state index in [2.05, 4.69) is 518 Å². The Morgan fingerprint density at radius 2 is 0.364 bits per heavy atom. The molecule has 3 heterocycles. The van der Waals surface area contributed by atoms with E-state index < -0.39 is 0 Å². The maximum absolute atomic E-state index is 6.08. The Morgan fingerprint density at radius 3 is 0.793 bits per heavy atom. The van der Waals surface area contributed by atoms with E-state index in [0.717, 1.165) is 128 Å². The quantitative estimate of drug-likeness (QED) is 0.0899. The Hall–Kier alpha value is -18.6. The molecule has 0 fully saturated rings. The summed E-state index contributed by atoms with van der Waals surface area (Å²) in [7, 11) is 0. The molecule has 140 heavy (non-hydrogen) atoms. The average Bonchev–Trinajstić information content (AvgIpc) is 1.11. The van der Waals surface area contributed by atoms with Gasteiger partial charge in [-0.05, 0) is 279 Å². The van der Waals surface area contributed by atoms with Gasteiger partial charge >= 0.3 is 0 Å². The fourth-order valence-corrected chi connectivity index (χ4v) is 20.3. The summed E-state index contributed by atoms with van der Waals surface area (Å²) in [5.41, 5.74) is 32.2. The molecule has 0 saturated heterocycles. The molecular weight excluding hydrogens is 1700 g/mol. The van der Waals surface area contributed by atoms with Crippen LogP contribution in [0.3, 0.4) is 0 Å². The van der Waals surface area contributed by atoms with Gasteiger partial charge in [0.15, 0.2) is 0 Å². The van der Waals surface area contributed by atoms with Crippen molar-refractivity contribution in [3.8, 4) is 77.9 Å². The van der Waals surface area contributed by atoms with Crippen molar-refractivity contribution in [3.63, 3.8) is 0 Å². The second-order valence-electron chi connectivity index (χ2n) is 35.8. The zero-order chi connectivity index (χ0) is 92.8. The predicted molar refractivity (Wildman–Crippen MR) is 591 cm³/mol.